The molecule has 0 heterocycles. The van der Waals surface area contributed by atoms with Crippen molar-refractivity contribution in [1.82, 2.24) is 0 Å². The molecule has 0 amide bonds. The fourth-order valence-corrected chi connectivity index (χ4v) is 2.10. The zero-order chi connectivity index (χ0) is 14.6. The molecular formula is C16H30O3. The summed E-state index contributed by atoms with van der Waals surface area (Å²) in [5.74, 6) is 0.271. The highest BCUT2D eigenvalue weighted by atomic mass is 16.5. The van der Waals surface area contributed by atoms with Crippen LogP contribution in [0.15, 0.2) is 25.7 Å². The monoisotopic (exact) mass is 270 g/mol. The lowest BCUT2D eigenvalue weighted by atomic mass is 9.81. The summed E-state index contributed by atoms with van der Waals surface area (Å²) in [6.45, 7) is 12.6. The predicted octanol–water partition coefficient (Wildman–Crippen LogP) is 4.03. The van der Waals surface area contributed by atoms with Gasteiger partial charge in [-0.15, -0.1) is 0 Å². The van der Waals surface area contributed by atoms with Gasteiger partial charge in [-0.3, -0.25) is 0 Å². The summed E-state index contributed by atoms with van der Waals surface area (Å²) in [5.41, 5.74) is -0.567. The van der Waals surface area contributed by atoms with Gasteiger partial charge < -0.3 is 14.6 Å². The van der Waals surface area contributed by atoms with Crippen molar-refractivity contribution in [2.45, 2.75) is 58.0 Å². The molecule has 3 nitrogen and oxygen atoms in total. The van der Waals surface area contributed by atoms with Crippen LogP contribution in [0, 0.1) is 5.92 Å². The molecule has 19 heavy (non-hydrogen) atoms. The first kappa shape index (κ1) is 18.0. The molecule has 0 spiro atoms. The van der Waals surface area contributed by atoms with E-state index in [-0.39, 0.29) is 5.92 Å². The van der Waals surface area contributed by atoms with Gasteiger partial charge in [0.15, 0.2) is 0 Å². The minimum atomic E-state index is -0.567. The van der Waals surface area contributed by atoms with Crippen LogP contribution in [0.1, 0.15) is 52.4 Å². The van der Waals surface area contributed by atoms with E-state index < -0.39 is 5.60 Å². The molecule has 0 bridgehead atoms. The van der Waals surface area contributed by atoms with Crippen LogP contribution in [0.2, 0.25) is 0 Å². The van der Waals surface area contributed by atoms with Gasteiger partial charge in [-0.2, -0.15) is 0 Å². The number of ether oxygens (including phenoxy) is 2. The van der Waals surface area contributed by atoms with Gasteiger partial charge in [0.1, 0.15) is 0 Å². The summed E-state index contributed by atoms with van der Waals surface area (Å²) in [5, 5.41) is 10.7. The Balaban J connectivity index is 3.90. The molecule has 0 aliphatic heterocycles. The van der Waals surface area contributed by atoms with E-state index in [1.165, 1.54) is 12.5 Å². The van der Waals surface area contributed by atoms with E-state index in [2.05, 4.69) is 27.0 Å². The molecular weight excluding hydrogens is 240 g/mol. The van der Waals surface area contributed by atoms with E-state index in [9.17, 15) is 5.11 Å². The lowest BCUT2D eigenvalue weighted by molar-refractivity contribution is -0.0262. The van der Waals surface area contributed by atoms with Crippen molar-refractivity contribution in [2.75, 3.05) is 13.2 Å². The fourth-order valence-electron chi connectivity index (χ4n) is 2.10. The fraction of sp³-hybridized carbons (Fsp3) is 0.750. The number of aliphatic hydroxyl groups is 1. The summed E-state index contributed by atoms with van der Waals surface area (Å²) in [7, 11) is 0. The van der Waals surface area contributed by atoms with Crippen molar-refractivity contribution >= 4 is 0 Å². The predicted molar refractivity (Wildman–Crippen MR) is 79.8 cm³/mol. The summed E-state index contributed by atoms with van der Waals surface area (Å²) in [6.07, 6.45) is 8.46. The molecule has 0 aromatic carbocycles. The zero-order valence-electron chi connectivity index (χ0n) is 12.6. The Morgan fingerprint density at radius 1 is 0.947 bits per heavy atom. The Morgan fingerprint density at radius 2 is 1.37 bits per heavy atom. The highest BCUT2D eigenvalue weighted by molar-refractivity contribution is 4.81. The summed E-state index contributed by atoms with van der Waals surface area (Å²) in [6, 6.07) is 0. The topological polar surface area (TPSA) is 38.7 Å². The van der Waals surface area contributed by atoms with Crippen LogP contribution in [0.5, 0.6) is 0 Å². The molecule has 0 radical (unpaired) electrons. The number of unbranched alkanes of at least 4 members (excludes halogenated alkanes) is 2. The normalized spacial score (nSPS) is 11.4. The highest BCUT2D eigenvalue weighted by Crippen LogP contribution is 2.29. The maximum Gasteiger partial charge on any atom is 0.0873 e. The summed E-state index contributed by atoms with van der Waals surface area (Å²) in [4.78, 5) is 0. The quantitative estimate of drug-likeness (QED) is 0.405. The van der Waals surface area contributed by atoms with Crippen molar-refractivity contribution in [2.24, 2.45) is 5.92 Å². The Kier molecular flexibility index (Phi) is 10.4. The molecule has 0 rings (SSSR count). The van der Waals surface area contributed by atoms with Gasteiger partial charge in [-0.05, 0) is 44.4 Å². The van der Waals surface area contributed by atoms with Crippen LogP contribution in [0.3, 0.4) is 0 Å². The van der Waals surface area contributed by atoms with Crippen LogP contribution in [-0.4, -0.2) is 23.9 Å². The van der Waals surface area contributed by atoms with Crippen LogP contribution in [0.4, 0.5) is 0 Å². The van der Waals surface area contributed by atoms with E-state index in [4.69, 9.17) is 9.47 Å². The molecule has 0 aromatic rings. The summed E-state index contributed by atoms with van der Waals surface area (Å²) >= 11 is 0. The maximum absolute atomic E-state index is 10.7. The molecule has 0 atom stereocenters. The molecule has 0 aliphatic rings. The third-order valence-corrected chi connectivity index (χ3v) is 3.55. The van der Waals surface area contributed by atoms with Crippen molar-refractivity contribution in [3.05, 3.63) is 25.7 Å². The van der Waals surface area contributed by atoms with E-state index in [0.29, 0.717) is 13.2 Å². The van der Waals surface area contributed by atoms with Crippen LogP contribution < -0.4 is 0 Å². The molecule has 0 unspecified atom stereocenters. The molecule has 0 saturated carbocycles. The van der Waals surface area contributed by atoms with Crippen LogP contribution in [0.25, 0.3) is 0 Å². The van der Waals surface area contributed by atoms with Crippen molar-refractivity contribution in [1.29, 1.82) is 0 Å². The van der Waals surface area contributed by atoms with E-state index in [0.717, 1.165) is 38.5 Å². The maximum atomic E-state index is 10.7. The second-order valence-corrected chi connectivity index (χ2v) is 5.25. The van der Waals surface area contributed by atoms with Gasteiger partial charge >= 0.3 is 0 Å². The smallest absolute Gasteiger partial charge is 0.0873 e. The second-order valence-electron chi connectivity index (χ2n) is 5.25. The lowest BCUT2D eigenvalue weighted by Crippen LogP contribution is -2.35. The highest BCUT2D eigenvalue weighted by Gasteiger charge is 2.29. The lowest BCUT2D eigenvalue weighted by Gasteiger charge is -2.32. The minimum Gasteiger partial charge on any atom is -0.502 e. The van der Waals surface area contributed by atoms with Crippen molar-refractivity contribution < 1.29 is 14.6 Å². The molecule has 0 saturated heterocycles. The van der Waals surface area contributed by atoms with Gasteiger partial charge in [0.2, 0.25) is 0 Å². The summed E-state index contributed by atoms with van der Waals surface area (Å²) < 4.78 is 10.2. The standard InChI is InChI=1S/C16H30O3/c1-5-18-13-9-7-11-16(17,15(3)4)12-8-10-14-19-6-2/h5-6,15,17H,1-2,7-14H2,3-4H3. The molecule has 1 N–H and O–H groups in total. The first-order valence-electron chi connectivity index (χ1n) is 7.24. The van der Waals surface area contributed by atoms with Gasteiger partial charge in [0, 0.05) is 0 Å². The Bertz CT molecular complexity index is 218. The van der Waals surface area contributed by atoms with Gasteiger partial charge in [0.25, 0.3) is 0 Å². The van der Waals surface area contributed by atoms with E-state index >= 15 is 0 Å². The largest absolute Gasteiger partial charge is 0.502 e. The molecule has 0 aliphatic carbocycles. The van der Waals surface area contributed by atoms with Gasteiger partial charge in [-0.25, -0.2) is 0 Å². The first-order chi connectivity index (χ1) is 9.06. The van der Waals surface area contributed by atoms with Crippen LogP contribution in [-0.2, 0) is 9.47 Å². The molecule has 3 heteroatoms. The SMILES string of the molecule is C=COCCCCC(O)(CCCCOC=C)C(C)C. The molecule has 112 valence electrons. The van der Waals surface area contributed by atoms with Gasteiger partial charge in [0.05, 0.1) is 31.3 Å². The average Bonchev–Trinajstić information content (AvgIpc) is 2.38. The first-order valence-corrected chi connectivity index (χ1v) is 7.24. The second kappa shape index (κ2) is 10.9. The van der Waals surface area contributed by atoms with Crippen LogP contribution >= 0.6 is 0 Å². The Labute approximate surface area is 118 Å². The number of hydrogen-bond donors (Lipinski definition) is 1. The minimum absolute atomic E-state index is 0.271. The third-order valence-electron chi connectivity index (χ3n) is 3.55. The Hall–Kier alpha value is -0.960. The third kappa shape index (κ3) is 8.71. The average molecular weight is 270 g/mol. The van der Waals surface area contributed by atoms with Crippen molar-refractivity contribution in [3.8, 4) is 0 Å². The zero-order valence-corrected chi connectivity index (χ0v) is 12.6. The van der Waals surface area contributed by atoms with E-state index in [1.54, 1.807) is 0 Å². The van der Waals surface area contributed by atoms with E-state index in [1.807, 2.05) is 0 Å². The Morgan fingerprint density at radius 3 is 1.68 bits per heavy atom. The number of rotatable bonds is 13. The molecule has 0 aromatic heterocycles. The van der Waals surface area contributed by atoms with Gasteiger partial charge in [-0.1, -0.05) is 27.0 Å². The molecule has 0 fully saturated rings. The van der Waals surface area contributed by atoms with Crippen molar-refractivity contribution in [3.63, 3.8) is 0 Å². The number of hydrogen-bond acceptors (Lipinski definition) is 3.